The fraction of sp³-hybridized carbons (Fsp3) is 0.500. The van der Waals surface area contributed by atoms with E-state index in [0.717, 1.165) is 31.1 Å². The molecule has 6 heteroatoms. The zero-order valence-electron chi connectivity index (χ0n) is 9.05. The van der Waals surface area contributed by atoms with Crippen LogP contribution in [0, 0.1) is 5.41 Å². The van der Waals surface area contributed by atoms with E-state index in [1.807, 2.05) is 16.9 Å². The van der Waals surface area contributed by atoms with Crippen molar-refractivity contribution in [2.24, 2.45) is 5.41 Å². The van der Waals surface area contributed by atoms with Gasteiger partial charge in [0.1, 0.15) is 5.69 Å². The van der Waals surface area contributed by atoms with Crippen LogP contribution in [0.15, 0.2) is 18.5 Å². The molecule has 1 saturated heterocycles. The Labute approximate surface area is 92.6 Å². The van der Waals surface area contributed by atoms with Crippen LogP contribution in [0.5, 0.6) is 0 Å². The molecule has 6 nitrogen and oxygen atoms in total. The molecule has 0 aliphatic carbocycles. The van der Waals surface area contributed by atoms with Crippen molar-refractivity contribution in [1.29, 1.82) is 0 Å². The number of ether oxygens (including phenoxy) is 1. The molecule has 1 N–H and O–H groups in total. The first-order valence-corrected chi connectivity index (χ1v) is 5.23. The van der Waals surface area contributed by atoms with Crippen LogP contribution < -0.4 is 0 Å². The first kappa shape index (κ1) is 9.53. The summed E-state index contributed by atoms with van der Waals surface area (Å²) in [5, 5.41) is 15.0. The Morgan fingerprint density at radius 3 is 3.06 bits per heavy atom. The number of aromatic nitrogens is 5. The maximum absolute atomic E-state index is 5.21. The lowest BCUT2D eigenvalue weighted by Gasteiger charge is -2.37. The normalized spacial score (nSPS) is 18.3. The maximum atomic E-state index is 5.21. The molecule has 0 bridgehead atoms. The summed E-state index contributed by atoms with van der Waals surface area (Å²) < 4.78 is 7.07. The number of nitrogens with one attached hydrogen (secondary N) is 1. The minimum atomic E-state index is 0.207. The van der Waals surface area contributed by atoms with Crippen molar-refractivity contribution in [3.05, 3.63) is 18.5 Å². The van der Waals surface area contributed by atoms with Gasteiger partial charge in [-0.3, -0.25) is 9.78 Å². The Balaban J connectivity index is 1.78. The quantitative estimate of drug-likeness (QED) is 0.825. The molecule has 16 heavy (non-hydrogen) atoms. The Bertz CT molecular complexity index is 471. The minimum absolute atomic E-state index is 0.207. The van der Waals surface area contributed by atoms with E-state index in [0.29, 0.717) is 0 Å². The SMILES string of the molecule is CC1(Cn2cc(-c3ccn[nH]3)nn2)COC1. The van der Waals surface area contributed by atoms with Crippen LogP contribution in [0.2, 0.25) is 0 Å². The lowest BCUT2D eigenvalue weighted by atomic mass is 9.89. The van der Waals surface area contributed by atoms with Crippen LogP contribution in [-0.2, 0) is 11.3 Å². The van der Waals surface area contributed by atoms with Crippen molar-refractivity contribution >= 4 is 0 Å². The van der Waals surface area contributed by atoms with Gasteiger partial charge in [-0.2, -0.15) is 5.10 Å². The average Bonchev–Trinajstić information content (AvgIpc) is 2.83. The molecule has 0 amide bonds. The van der Waals surface area contributed by atoms with Gasteiger partial charge in [-0.05, 0) is 6.07 Å². The van der Waals surface area contributed by atoms with Crippen LogP contribution in [0.25, 0.3) is 11.4 Å². The number of rotatable bonds is 3. The van der Waals surface area contributed by atoms with Crippen molar-refractivity contribution in [2.75, 3.05) is 13.2 Å². The summed E-state index contributed by atoms with van der Waals surface area (Å²) >= 11 is 0. The van der Waals surface area contributed by atoms with Gasteiger partial charge in [0.2, 0.25) is 0 Å². The van der Waals surface area contributed by atoms with Crippen molar-refractivity contribution in [3.63, 3.8) is 0 Å². The van der Waals surface area contributed by atoms with Crippen molar-refractivity contribution in [2.45, 2.75) is 13.5 Å². The topological polar surface area (TPSA) is 68.6 Å². The monoisotopic (exact) mass is 219 g/mol. The van der Waals surface area contributed by atoms with Gasteiger partial charge in [-0.1, -0.05) is 12.1 Å². The average molecular weight is 219 g/mol. The highest BCUT2D eigenvalue weighted by atomic mass is 16.5. The van der Waals surface area contributed by atoms with Crippen LogP contribution in [-0.4, -0.2) is 38.4 Å². The summed E-state index contributed by atoms with van der Waals surface area (Å²) in [4.78, 5) is 0. The predicted octanol–water partition coefficient (Wildman–Crippen LogP) is 0.705. The summed E-state index contributed by atoms with van der Waals surface area (Å²) in [5.74, 6) is 0. The van der Waals surface area contributed by atoms with E-state index in [4.69, 9.17) is 4.74 Å². The Morgan fingerprint density at radius 1 is 1.56 bits per heavy atom. The smallest absolute Gasteiger partial charge is 0.130 e. The summed E-state index contributed by atoms with van der Waals surface area (Å²) in [5.41, 5.74) is 1.92. The second-order valence-corrected chi connectivity index (χ2v) is 4.58. The molecule has 0 radical (unpaired) electrons. The third-order valence-electron chi connectivity index (χ3n) is 2.76. The molecule has 0 atom stereocenters. The van der Waals surface area contributed by atoms with Crippen molar-refractivity contribution in [3.8, 4) is 11.4 Å². The minimum Gasteiger partial charge on any atom is -0.380 e. The lowest BCUT2D eigenvalue weighted by Crippen LogP contribution is -2.43. The van der Waals surface area contributed by atoms with Gasteiger partial charge in [0.25, 0.3) is 0 Å². The highest BCUT2D eigenvalue weighted by Crippen LogP contribution is 2.28. The van der Waals surface area contributed by atoms with Crippen molar-refractivity contribution < 1.29 is 4.74 Å². The van der Waals surface area contributed by atoms with Gasteiger partial charge in [0, 0.05) is 11.6 Å². The van der Waals surface area contributed by atoms with Crippen LogP contribution >= 0.6 is 0 Å². The molecule has 1 aliphatic heterocycles. The third-order valence-corrected chi connectivity index (χ3v) is 2.76. The molecule has 0 spiro atoms. The summed E-state index contributed by atoms with van der Waals surface area (Å²) in [7, 11) is 0. The number of H-pyrrole nitrogens is 1. The van der Waals surface area contributed by atoms with E-state index >= 15 is 0 Å². The molecule has 3 rings (SSSR count). The molecule has 2 aromatic rings. The van der Waals surface area contributed by atoms with E-state index in [9.17, 15) is 0 Å². The zero-order valence-corrected chi connectivity index (χ0v) is 9.05. The molecular formula is C10H13N5O. The molecule has 84 valence electrons. The number of nitrogens with zero attached hydrogens (tertiary/aromatic N) is 4. The molecule has 0 saturated carbocycles. The summed E-state index contributed by atoms with van der Waals surface area (Å²) in [6.45, 7) is 4.63. The summed E-state index contributed by atoms with van der Waals surface area (Å²) in [6.07, 6.45) is 3.63. The van der Waals surface area contributed by atoms with Crippen LogP contribution in [0.3, 0.4) is 0 Å². The van der Waals surface area contributed by atoms with Crippen LogP contribution in [0.4, 0.5) is 0 Å². The van der Waals surface area contributed by atoms with Gasteiger partial charge in [0.15, 0.2) is 0 Å². The number of hydrogen-bond donors (Lipinski definition) is 1. The largest absolute Gasteiger partial charge is 0.380 e. The van der Waals surface area contributed by atoms with Crippen LogP contribution in [0.1, 0.15) is 6.92 Å². The molecule has 3 heterocycles. The zero-order chi connectivity index (χ0) is 11.0. The van der Waals surface area contributed by atoms with Gasteiger partial charge < -0.3 is 4.74 Å². The van der Waals surface area contributed by atoms with Gasteiger partial charge in [-0.15, -0.1) is 5.10 Å². The van der Waals surface area contributed by atoms with E-state index in [-0.39, 0.29) is 5.41 Å². The molecule has 1 fully saturated rings. The maximum Gasteiger partial charge on any atom is 0.130 e. The number of hydrogen-bond acceptors (Lipinski definition) is 4. The Kier molecular flexibility index (Phi) is 2.03. The standard InChI is InChI=1S/C10H13N5O/c1-10(6-16-7-10)5-15-4-9(13-14-15)8-2-3-11-12-8/h2-4H,5-7H2,1H3,(H,11,12). The van der Waals surface area contributed by atoms with E-state index in [2.05, 4.69) is 27.4 Å². The fourth-order valence-electron chi connectivity index (χ4n) is 1.83. The fourth-order valence-corrected chi connectivity index (χ4v) is 1.83. The molecule has 0 aromatic carbocycles. The van der Waals surface area contributed by atoms with Gasteiger partial charge in [-0.25, -0.2) is 0 Å². The van der Waals surface area contributed by atoms with E-state index < -0.39 is 0 Å². The Morgan fingerprint density at radius 2 is 2.44 bits per heavy atom. The molecular weight excluding hydrogens is 206 g/mol. The summed E-state index contributed by atoms with van der Waals surface area (Å²) in [6, 6.07) is 1.88. The molecule has 1 aliphatic rings. The molecule has 2 aromatic heterocycles. The lowest BCUT2D eigenvalue weighted by molar-refractivity contribution is -0.111. The highest BCUT2D eigenvalue weighted by Gasteiger charge is 2.34. The number of aromatic amines is 1. The third kappa shape index (κ3) is 1.61. The molecule has 0 unspecified atom stereocenters. The van der Waals surface area contributed by atoms with Gasteiger partial charge >= 0.3 is 0 Å². The van der Waals surface area contributed by atoms with Crippen molar-refractivity contribution in [1.82, 2.24) is 25.2 Å². The second kappa shape index (κ2) is 3.41. The van der Waals surface area contributed by atoms with E-state index in [1.54, 1.807) is 6.20 Å². The Hall–Kier alpha value is -1.69. The highest BCUT2D eigenvalue weighted by molar-refractivity contribution is 5.50. The van der Waals surface area contributed by atoms with Gasteiger partial charge in [0.05, 0.1) is 31.6 Å². The first-order chi connectivity index (χ1) is 7.75. The first-order valence-electron chi connectivity index (χ1n) is 5.23. The predicted molar refractivity (Wildman–Crippen MR) is 56.5 cm³/mol. The van der Waals surface area contributed by atoms with E-state index in [1.165, 1.54) is 0 Å². The second-order valence-electron chi connectivity index (χ2n) is 4.58.